The van der Waals surface area contributed by atoms with Crippen molar-refractivity contribution in [1.82, 2.24) is 9.78 Å². The highest BCUT2D eigenvalue weighted by Crippen LogP contribution is 2.39. The molecule has 0 amide bonds. The number of hydrogen-bond donors (Lipinski definition) is 1. The van der Waals surface area contributed by atoms with Gasteiger partial charge >= 0.3 is 0 Å². The van der Waals surface area contributed by atoms with Gasteiger partial charge in [0.25, 0.3) is 0 Å². The van der Waals surface area contributed by atoms with Crippen LogP contribution in [0.5, 0.6) is 0 Å². The standard InChI is InChI=1S/C12H19ClN2O/c1-8-5-4-6-12(8,16)7-10-9(2)14-15(3)11(10)13/h8,16H,4-7H2,1-3H3. The maximum absolute atomic E-state index is 10.6. The molecule has 3 nitrogen and oxygen atoms in total. The lowest BCUT2D eigenvalue weighted by molar-refractivity contribution is 0.00947. The second-order valence-corrected chi connectivity index (χ2v) is 5.41. The second-order valence-electron chi connectivity index (χ2n) is 5.05. The Labute approximate surface area is 101 Å². The molecule has 0 spiro atoms. The van der Waals surface area contributed by atoms with Crippen LogP contribution in [0, 0.1) is 12.8 Å². The van der Waals surface area contributed by atoms with Gasteiger partial charge in [0.05, 0.1) is 11.3 Å². The predicted octanol–water partition coefficient (Wildman–Crippen LogP) is 2.48. The summed E-state index contributed by atoms with van der Waals surface area (Å²) in [5, 5.41) is 15.5. The Morgan fingerprint density at radius 3 is 2.75 bits per heavy atom. The average Bonchev–Trinajstić information content (AvgIpc) is 2.64. The van der Waals surface area contributed by atoms with Crippen molar-refractivity contribution in [3.8, 4) is 0 Å². The monoisotopic (exact) mass is 242 g/mol. The molecule has 0 aliphatic heterocycles. The maximum Gasteiger partial charge on any atom is 0.130 e. The van der Waals surface area contributed by atoms with E-state index in [1.54, 1.807) is 4.68 Å². The lowest BCUT2D eigenvalue weighted by atomic mass is 9.86. The van der Waals surface area contributed by atoms with Gasteiger partial charge in [0.2, 0.25) is 0 Å². The molecule has 2 atom stereocenters. The van der Waals surface area contributed by atoms with Crippen molar-refractivity contribution in [2.45, 2.75) is 45.1 Å². The van der Waals surface area contributed by atoms with Crippen molar-refractivity contribution in [2.24, 2.45) is 13.0 Å². The summed E-state index contributed by atoms with van der Waals surface area (Å²) in [5.41, 5.74) is 1.35. The first-order chi connectivity index (χ1) is 7.44. The topological polar surface area (TPSA) is 38.0 Å². The summed E-state index contributed by atoms with van der Waals surface area (Å²) >= 11 is 6.19. The molecular weight excluding hydrogens is 224 g/mol. The van der Waals surface area contributed by atoms with Crippen LogP contribution in [0.2, 0.25) is 5.15 Å². The molecule has 1 aromatic rings. The zero-order valence-corrected chi connectivity index (χ0v) is 10.9. The van der Waals surface area contributed by atoms with Crippen molar-refractivity contribution in [2.75, 3.05) is 0 Å². The van der Waals surface area contributed by atoms with Gasteiger partial charge in [-0.05, 0) is 25.7 Å². The molecule has 0 aromatic carbocycles. The van der Waals surface area contributed by atoms with Crippen molar-refractivity contribution < 1.29 is 5.11 Å². The van der Waals surface area contributed by atoms with E-state index >= 15 is 0 Å². The normalized spacial score (nSPS) is 29.9. The van der Waals surface area contributed by atoms with Crippen LogP contribution in [0.25, 0.3) is 0 Å². The highest BCUT2D eigenvalue weighted by Gasteiger charge is 2.39. The molecule has 0 radical (unpaired) electrons. The Hall–Kier alpha value is -0.540. The van der Waals surface area contributed by atoms with Crippen molar-refractivity contribution in [3.63, 3.8) is 0 Å². The van der Waals surface area contributed by atoms with Gasteiger partial charge in [0.1, 0.15) is 5.15 Å². The van der Waals surface area contributed by atoms with Gasteiger partial charge in [0.15, 0.2) is 0 Å². The minimum atomic E-state index is -0.586. The Morgan fingerprint density at radius 2 is 2.31 bits per heavy atom. The Bertz CT molecular complexity index is 402. The maximum atomic E-state index is 10.6. The van der Waals surface area contributed by atoms with Crippen molar-refractivity contribution in [3.05, 3.63) is 16.4 Å². The number of halogens is 1. The van der Waals surface area contributed by atoms with Crippen LogP contribution in [0.1, 0.15) is 37.4 Å². The first-order valence-corrected chi connectivity index (χ1v) is 6.22. The lowest BCUT2D eigenvalue weighted by Gasteiger charge is -2.27. The summed E-state index contributed by atoms with van der Waals surface area (Å²) < 4.78 is 1.68. The average molecular weight is 243 g/mol. The molecule has 90 valence electrons. The van der Waals surface area contributed by atoms with E-state index in [0.29, 0.717) is 17.5 Å². The third-order valence-corrected chi connectivity index (χ3v) is 4.39. The fourth-order valence-corrected chi connectivity index (χ4v) is 2.91. The molecule has 2 rings (SSSR count). The number of aliphatic hydroxyl groups is 1. The third kappa shape index (κ3) is 1.87. The number of aromatic nitrogens is 2. The molecule has 0 saturated heterocycles. The lowest BCUT2D eigenvalue weighted by Crippen LogP contribution is -2.34. The second kappa shape index (κ2) is 4.04. The summed E-state index contributed by atoms with van der Waals surface area (Å²) in [6.07, 6.45) is 3.72. The zero-order chi connectivity index (χ0) is 11.9. The number of nitrogens with zero attached hydrogens (tertiary/aromatic N) is 2. The molecular formula is C12H19ClN2O. The minimum absolute atomic E-state index is 0.350. The van der Waals surface area contributed by atoms with Gasteiger partial charge in [-0.25, -0.2) is 0 Å². The van der Waals surface area contributed by atoms with E-state index in [0.717, 1.165) is 30.5 Å². The van der Waals surface area contributed by atoms with Crippen molar-refractivity contribution in [1.29, 1.82) is 0 Å². The summed E-state index contributed by atoms with van der Waals surface area (Å²) in [6.45, 7) is 4.07. The molecule has 1 saturated carbocycles. The van der Waals surface area contributed by atoms with Gasteiger partial charge < -0.3 is 5.11 Å². The summed E-state index contributed by atoms with van der Waals surface area (Å²) in [4.78, 5) is 0. The molecule has 1 heterocycles. The van der Waals surface area contributed by atoms with Crippen LogP contribution >= 0.6 is 11.6 Å². The van der Waals surface area contributed by atoms with E-state index < -0.39 is 5.60 Å². The van der Waals surface area contributed by atoms with Crippen LogP contribution in [-0.2, 0) is 13.5 Å². The molecule has 1 aromatic heterocycles. The highest BCUT2D eigenvalue weighted by atomic mass is 35.5. The third-order valence-electron chi connectivity index (χ3n) is 3.92. The molecule has 1 fully saturated rings. The van der Waals surface area contributed by atoms with Crippen LogP contribution in [-0.4, -0.2) is 20.5 Å². The van der Waals surface area contributed by atoms with E-state index in [9.17, 15) is 5.11 Å². The van der Waals surface area contributed by atoms with E-state index in [1.807, 2.05) is 14.0 Å². The SMILES string of the molecule is Cc1nn(C)c(Cl)c1CC1(O)CCCC1C. The first kappa shape index (κ1) is 11.9. The quantitative estimate of drug-likeness (QED) is 0.865. The van der Waals surface area contributed by atoms with Gasteiger partial charge in [0, 0.05) is 19.0 Å². The van der Waals surface area contributed by atoms with Gasteiger partial charge in [-0.2, -0.15) is 5.10 Å². The molecule has 16 heavy (non-hydrogen) atoms. The van der Waals surface area contributed by atoms with Gasteiger partial charge in [-0.3, -0.25) is 4.68 Å². The molecule has 1 aliphatic carbocycles. The molecule has 1 N–H and O–H groups in total. The van der Waals surface area contributed by atoms with E-state index in [4.69, 9.17) is 11.6 Å². The predicted molar refractivity (Wildman–Crippen MR) is 64.6 cm³/mol. The minimum Gasteiger partial charge on any atom is -0.389 e. The van der Waals surface area contributed by atoms with Crippen LogP contribution in [0.15, 0.2) is 0 Å². The number of hydrogen-bond acceptors (Lipinski definition) is 2. The van der Waals surface area contributed by atoms with Crippen LogP contribution < -0.4 is 0 Å². The Morgan fingerprint density at radius 1 is 1.62 bits per heavy atom. The van der Waals surface area contributed by atoms with Crippen LogP contribution in [0.4, 0.5) is 0 Å². The van der Waals surface area contributed by atoms with Gasteiger partial charge in [-0.15, -0.1) is 0 Å². The Kier molecular flexibility index (Phi) is 3.01. The fraction of sp³-hybridized carbons (Fsp3) is 0.750. The van der Waals surface area contributed by atoms with Gasteiger partial charge in [-0.1, -0.05) is 24.9 Å². The van der Waals surface area contributed by atoms with E-state index in [2.05, 4.69) is 12.0 Å². The fourth-order valence-electron chi connectivity index (χ4n) is 2.67. The first-order valence-electron chi connectivity index (χ1n) is 5.84. The van der Waals surface area contributed by atoms with E-state index in [1.165, 1.54) is 0 Å². The smallest absolute Gasteiger partial charge is 0.130 e. The number of rotatable bonds is 2. The summed E-state index contributed by atoms with van der Waals surface area (Å²) in [6, 6.07) is 0. The molecule has 0 bridgehead atoms. The highest BCUT2D eigenvalue weighted by molar-refractivity contribution is 6.30. The molecule has 4 heteroatoms. The summed E-state index contributed by atoms with van der Waals surface area (Å²) in [5.74, 6) is 0.350. The number of aryl methyl sites for hydroxylation is 2. The van der Waals surface area contributed by atoms with Crippen molar-refractivity contribution >= 4 is 11.6 Å². The largest absolute Gasteiger partial charge is 0.389 e. The van der Waals surface area contributed by atoms with E-state index in [-0.39, 0.29) is 0 Å². The molecule has 1 aliphatic rings. The Balaban J connectivity index is 2.26. The zero-order valence-electron chi connectivity index (χ0n) is 10.1. The summed E-state index contributed by atoms with van der Waals surface area (Å²) in [7, 11) is 1.83. The molecule has 2 unspecified atom stereocenters. The van der Waals surface area contributed by atoms with Crippen LogP contribution in [0.3, 0.4) is 0 Å².